The SMILES string of the molecule is CC1c2c(cnn2C2CN(Cc3cccc(C(=O)N4CCC4)n3)C2)-c2cccc(NC(/C=C(\N)NC(=O)C3CC3)=C(/N)C(=O)NC3CC3)c2N1C. The Bertz CT molecular complexity index is 1950. The number of carbonyl (C=O) groups excluding carboxylic acids is 3. The molecular formula is C37H45N11O3. The molecule has 0 bridgehead atoms. The van der Waals surface area contributed by atoms with Crippen molar-refractivity contribution in [2.75, 3.05) is 43.4 Å². The first kappa shape index (κ1) is 32.8. The highest BCUT2D eigenvalue weighted by Crippen LogP contribution is 2.48. The van der Waals surface area contributed by atoms with Crippen LogP contribution in [-0.2, 0) is 16.1 Å². The van der Waals surface area contributed by atoms with Gasteiger partial charge in [0, 0.05) is 68.9 Å². The van der Waals surface area contributed by atoms with Gasteiger partial charge in [-0.3, -0.25) is 24.0 Å². The van der Waals surface area contributed by atoms with Crippen molar-refractivity contribution in [3.63, 3.8) is 0 Å². The van der Waals surface area contributed by atoms with Gasteiger partial charge in [-0.2, -0.15) is 5.10 Å². The smallest absolute Gasteiger partial charge is 0.272 e. The van der Waals surface area contributed by atoms with Crippen molar-refractivity contribution in [1.82, 2.24) is 35.2 Å². The van der Waals surface area contributed by atoms with E-state index < -0.39 is 0 Å². The minimum Gasteiger partial charge on any atom is -0.393 e. The average molecular weight is 692 g/mol. The van der Waals surface area contributed by atoms with Gasteiger partial charge in [0.05, 0.1) is 46.7 Å². The van der Waals surface area contributed by atoms with E-state index in [1.807, 2.05) is 35.4 Å². The third kappa shape index (κ3) is 6.51. The summed E-state index contributed by atoms with van der Waals surface area (Å²) in [5.74, 6) is -0.412. The Morgan fingerprint density at radius 3 is 2.47 bits per heavy atom. The molecule has 2 saturated heterocycles. The highest BCUT2D eigenvalue weighted by Gasteiger charge is 2.37. The number of anilines is 2. The summed E-state index contributed by atoms with van der Waals surface area (Å²) in [6.45, 7) is 6.11. The monoisotopic (exact) mass is 691 g/mol. The predicted octanol–water partition coefficient (Wildman–Crippen LogP) is 2.55. The number of hydrogen-bond acceptors (Lipinski definition) is 10. The molecule has 14 nitrogen and oxygen atoms in total. The lowest BCUT2D eigenvalue weighted by molar-refractivity contribution is -0.121. The highest BCUT2D eigenvalue weighted by atomic mass is 16.2. The largest absolute Gasteiger partial charge is 0.393 e. The number of carbonyl (C=O) groups is 3. The van der Waals surface area contributed by atoms with E-state index in [4.69, 9.17) is 16.6 Å². The molecule has 51 heavy (non-hydrogen) atoms. The molecule has 2 aliphatic carbocycles. The number of rotatable bonds is 11. The van der Waals surface area contributed by atoms with E-state index >= 15 is 0 Å². The molecule has 1 unspecified atom stereocenters. The second kappa shape index (κ2) is 13.1. The third-order valence-electron chi connectivity index (χ3n) is 10.6. The van der Waals surface area contributed by atoms with Crippen molar-refractivity contribution in [2.24, 2.45) is 17.4 Å². The second-order valence-corrected chi connectivity index (χ2v) is 14.4. The van der Waals surface area contributed by atoms with E-state index in [0.717, 1.165) is 92.2 Å². The number of likely N-dealkylation sites (tertiary alicyclic amines) is 2. The van der Waals surface area contributed by atoms with Gasteiger partial charge in [-0.25, -0.2) is 4.98 Å². The Hall–Kier alpha value is -5.37. The summed E-state index contributed by atoms with van der Waals surface area (Å²) in [6.07, 6.45) is 8.06. The van der Waals surface area contributed by atoms with Gasteiger partial charge in [0.25, 0.3) is 11.8 Å². The number of benzene rings is 1. The molecule has 3 aromatic rings. The molecule has 1 aromatic carbocycles. The number of amides is 3. The number of hydrogen-bond donors (Lipinski definition) is 5. The molecule has 266 valence electrons. The molecular weight excluding hydrogens is 646 g/mol. The summed E-state index contributed by atoms with van der Waals surface area (Å²) in [6, 6.07) is 12.0. The summed E-state index contributed by atoms with van der Waals surface area (Å²) in [7, 11) is 2.05. The Morgan fingerprint density at radius 2 is 1.76 bits per heavy atom. The Kier molecular flexibility index (Phi) is 8.41. The van der Waals surface area contributed by atoms with E-state index in [1.54, 1.807) is 6.07 Å². The van der Waals surface area contributed by atoms with Crippen LogP contribution in [0.15, 0.2) is 65.9 Å². The predicted molar refractivity (Wildman–Crippen MR) is 193 cm³/mol. The summed E-state index contributed by atoms with van der Waals surface area (Å²) in [5, 5.41) is 14.0. The van der Waals surface area contributed by atoms with Crippen LogP contribution in [0.3, 0.4) is 0 Å². The van der Waals surface area contributed by atoms with Gasteiger partial charge in [-0.05, 0) is 57.2 Å². The molecule has 5 aliphatic rings. The zero-order valence-electron chi connectivity index (χ0n) is 29.1. The highest BCUT2D eigenvalue weighted by molar-refractivity contribution is 5.97. The fourth-order valence-electron chi connectivity index (χ4n) is 7.05. The number of para-hydroxylation sites is 1. The van der Waals surface area contributed by atoms with Crippen molar-refractivity contribution < 1.29 is 14.4 Å². The van der Waals surface area contributed by atoms with Crippen molar-refractivity contribution in [3.05, 3.63) is 83.0 Å². The Labute approximate surface area is 296 Å². The fourth-order valence-corrected chi connectivity index (χ4v) is 7.05. The maximum absolute atomic E-state index is 13.1. The molecule has 8 rings (SSSR count). The topological polar surface area (TPSA) is 180 Å². The summed E-state index contributed by atoms with van der Waals surface area (Å²) < 4.78 is 2.16. The van der Waals surface area contributed by atoms with Crippen LogP contribution >= 0.6 is 0 Å². The van der Waals surface area contributed by atoms with Gasteiger partial charge in [0.1, 0.15) is 17.2 Å². The average Bonchev–Trinajstić information content (AvgIpc) is 4.02. The first-order valence-electron chi connectivity index (χ1n) is 17.9. The van der Waals surface area contributed by atoms with Gasteiger partial charge in [-0.1, -0.05) is 18.2 Å². The van der Waals surface area contributed by atoms with Crippen LogP contribution in [0.25, 0.3) is 11.1 Å². The van der Waals surface area contributed by atoms with E-state index in [9.17, 15) is 14.4 Å². The summed E-state index contributed by atoms with van der Waals surface area (Å²) in [5.41, 5.74) is 19.3. The van der Waals surface area contributed by atoms with Crippen LogP contribution in [0.4, 0.5) is 11.4 Å². The fraction of sp³-hybridized carbons (Fsp3) is 0.432. The van der Waals surface area contributed by atoms with Crippen LogP contribution < -0.4 is 32.3 Å². The molecule has 2 aromatic heterocycles. The number of nitrogens with two attached hydrogens (primary N) is 2. The molecule has 4 fully saturated rings. The second-order valence-electron chi connectivity index (χ2n) is 14.4. The number of nitrogens with zero attached hydrogens (tertiary/aromatic N) is 6. The zero-order chi connectivity index (χ0) is 35.4. The molecule has 3 aliphatic heterocycles. The van der Waals surface area contributed by atoms with Gasteiger partial charge in [0.15, 0.2) is 0 Å². The summed E-state index contributed by atoms with van der Waals surface area (Å²) in [4.78, 5) is 49.3. The van der Waals surface area contributed by atoms with Gasteiger partial charge in [-0.15, -0.1) is 0 Å². The quantitative estimate of drug-likeness (QED) is 0.148. The van der Waals surface area contributed by atoms with Crippen LogP contribution in [0.5, 0.6) is 0 Å². The zero-order valence-corrected chi connectivity index (χ0v) is 29.1. The molecule has 3 amide bonds. The maximum Gasteiger partial charge on any atom is 0.272 e. The lowest BCUT2D eigenvalue weighted by Gasteiger charge is -2.42. The van der Waals surface area contributed by atoms with Crippen LogP contribution in [0.1, 0.15) is 73.0 Å². The standard InChI is InChI=1S/C37H45N11O3/c1-21-33-27(17-40-48(33)25-19-46(20-25)18-24-6-3-9-29(41-24)37(51)47-14-5-15-47)26-7-4-8-28(34(26)45(21)2)43-30(32(39)36(50)42-23-12-13-23)16-31(38)44-35(49)22-10-11-22/h3-4,6-9,16-17,21-23,25,43H,5,10-15,18-20,38-39H2,1-2H3,(H,42,50)(H,44,49)/b31-16+,32-30+. The first-order valence-corrected chi connectivity index (χ1v) is 17.9. The van der Waals surface area contributed by atoms with Crippen LogP contribution in [0.2, 0.25) is 0 Å². The molecule has 1 atom stereocenters. The van der Waals surface area contributed by atoms with Gasteiger partial charge < -0.3 is 37.2 Å². The van der Waals surface area contributed by atoms with Crippen molar-refractivity contribution in [2.45, 2.75) is 63.7 Å². The Morgan fingerprint density at radius 1 is 1.00 bits per heavy atom. The van der Waals surface area contributed by atoms with Crippen molar-refractivity contribution in [3.8, 4) is 11.1 Å². The van der Waals surface area contributed by atoms with Crippen LogP contribution in [0, 0.1) is 5.92 Å². The van der Waals surface area contributed by atoms with Gasteiger partial charge >= 0.3 is 0 Å². The number of nitrogens with one attached hydrogen (secondary N) is 3. The van der Waals surface area contributed by atoms with Crippen molar-refractivity contribution >= 4 is 29.1 Å². The molecule has 0 radical (unpaired) electrons. The number of pyridine rings is 1. The maximum atomic E-state index is 13.1. The lowest BCUT2D eigenvalue weighted by atomic mass is 9.93. The van der Waals surface area contributed by atoms with E-state index in [-0.39, 0.29) is 53.3 Å². The van der Waals surface area contributed by atoms with Gasteiger partial charge in [0.2, 0.25) is 5.91 Å². The third-order valence-corrected chi connectivity index (χ3v) is 10.6. The number of fused-ring (bicyclic) bond motifs is 3. The lowest BCUT2D eigenvalue weighted by Crippen LogP contribution is -2.48. The summed E-state index contributed by atoms with van der Waals surface area (Å²) >= 11 is 0. The molecule has 7 N–H and O–H groups in total. The molecule has 14 heteroatoms. The molecule has 5 heterocycles. The molecule has 0 spiro atoms. The minimum absolute atomic E-state index is 0.0113. The van der Waals surface area contributed by atoms with Crippen molar-refractivity contribution in [1.29, 1.82) is 0 Å². The number of allylic oxidation sites excluding steroid dienone is 1. The van der Waals surface area contributed by atoms with Crippen LogP contribution in [-0.4, -0.2) is 81.6 Å². The van der Waals surface area contributed by atoms with E-state index in [2.05, 4.69) is 55.5 Å². The Balaban J connectivity index is 1.02. The van der Waals surface area contributed by atoms with E-state index in [1.165, 1.54) is 6.08 Å². The first-order chi connectivity index (χ1) is 24.6. The number of aromatic nitrogens is 3. The molecule has 2 saturated carbocycles. The normalized spacial score (nSPS) is 20.7. The minimum atomic E-state index is -0.383. The van der Waals surface area contributed by atoms with E-state index in [0.29, 0.717) is 17.9 Å².